The van der Waals surface area contributed by atoms with Gasteiger partial charge in [-0.1, -0.05) is 32.9 Å². The van der Waals surface area contributed by atoms with Crippen molar-refractivity contribution in [1.82, 2.24) is 5.32 Å². The van der Waals surface area contributed by atoms with Gasteiger partial charge < -0.3 is 15.0 Å². The van der Waals surface area contributed by atoms with Crippen LogP contribution in [-0.2, 0) is 25.5 Å². The summed E-state index contributed by atoms with van der Waals surface area (Å²) < 4.78 is 4.78. The maximum Gasteiger partial charge on any atom is 0.328 e. The molecular formula is C20H28N2O4. The molecule has 1 saturated heterocycles. The molecule has 2 rings (SSSR count). The summed E-state index contributed by atoms with van der Waals surface area (Å²) in [4.78, 5) is 38.5. The minimum atomic E-state index is -0.680. The van der Waals surface area contributed by atoms with Gasteiger partial charge in [0, 0.05) is 18.7 Å². The molecule has 2 atom stereocenters. The van der Waals surface area contributed by atoms with Crippen LogP contribution in [0.4, 0.5) is 5.69 Å². The molecule has 142 valence electrons. The van der Waals surface area contributed by atoms with Gasteiger partial charge in [0.2, 0.25) is 11.8 Å². The van der Waals surface area contributed by atoms with Gasteiger partial charge in [0.15, 0.2) is 0 Å². The van der Waals surface area contributed by atoms with E-state index in [2.05, 4.69) is 12.2 Å². The third-order valence-corrected chi connectivity index (χ3v) is 4.66. The molecular weight excluding hydrogens is 332 g/mol. The second-order valence-corrected chi connectivity index (χ2v) is 7.14. The number of anilines is 1. The van der Waals surface area contributed by atoms with Crippen LogP contribution in [0.2, 0.25) is 0 Å². The molecule has 6 nitrogen and oxygen atoms in total. The first-order valence-electron chi connectivity index (χ1n) is 9.13. The predicted octanol–water partition coefficient (Wildman–Crippen LogP) is 2.31. The van der Waals surface area contributed by atoms with Gasteiger partial charge in [-0.15, -0.1) is 0 Å². The highest BCUT2D eigenvalue weighted by Gasteiger charge is 2.36. The Morgan fingerprint density at radius 1 is 1.27 bits per heavy atom. The first-order chi connectivity index (χ1) is 12.3. The van der Waals surface area contributed by atoms with Gasteiger partial charge in [0.25, 0.3) is 0 Å². The first kappa shape index (κ1) is 19.9. The van der Waals surface area contributed by atoms with E-state index in [9.17, 15) is 14.4 Å². The van der Waals surface area contributed by atoms with Crippen LogP contribution in [0, 0.1) is 11.8 Å². The van der Waals surface area contributed by atoms with Crippen LogP contribution in [0.3, 0.4) is 0 Å². The molecule has 0 saturated carbocycles. The fourth-order valence-corrected chi connectivity index (χ4v) is 3.16. The van der Waals surface area contributed by atoms with Crippen molar-refractivity contribution in [3.8, 4) is 0 Å². The maximum absolute atomic E-state index is 12.6. The number of ether oxygens (including phenoxy) is 1. The van der Waals surface area contributed by atoms with Gasteiger partial charge in [-0.25, -0.2) is 4.79 Å². The second-order valence-electron chi connectivity index (χ2n) is 7.14. The summed E-state index contributed by atoms with van der Waals surface area (Å²) in [7, 11) is 1.31. The highest BCUT2D eigenvalue weighted by Crippen LogP contribution is 2.26. The van der Waals surface area contributed by atoms with Gasteiger partial charge in [-0.05, 0) is 36.5 Å². The van der Waals surface area contributed by atoms with E-state index in [1.165, 1.54) is 12.7 Å². The average Bonchev–Trinajstić information content (AvgIpc) is 3.02. The summed E-state index contributed by atoms with van der Waals surface area (Å²) in [5.74, 6) is -1.04. The van der Waals surface area contributed by atoms with Crippen molar-refractivity contribution >= 4 is 23.5 Å². The van der Waals surface area contributed by atoms with Crippen molar-refractivity contribution in [1.29, 1.82) is 0 Å². The topological polar surface area (TPSA) is 75.7 Å². The van der Waals surface area contributed by atoms with Crippen molar-refractivity contribution in [2.75, 3.05) is 18.6 Å². The van der Waals surface area contributed by atoms with Crippen LogP contribution in [-0.4, -0.2) is 37.5 Å². The summed E-state index contributed by atoms with van der Waals surface area (Å²) in [5.41, 5.74) is 2.00. The van der Waals surface area contributed by atoms with Crippen molar-refractivity contribution < 1.29 is 19.1 Å². The SMILES string of the molecule is CCc1ccc(N2CC(C(=O)NC(CC(C)C)C(=O)OC)CC2=O)cc1. The minimum Gasteiger partial charge on any atom is -0.467 e. The molecule has 1 N–H and O–H groups in total. The Morgan fingerprint density at radius 2 is 1.92 bits per heavy atom. The highest BCUT2D eigenvalue weighted by atomic mass is 16.5. The molecule has 1 aromatic carbocycles. The number of esters is 1. The molecule has 1 aliphatic heterocycles. The van der Waals surface area contributed by atoms with Gasteiger partial charge in [0.1, 0.15) is 6.04 Å². The van der Waals surface area contributed by atoms with Crippen LogP contribution >= 0.6 is 0 Å². The largest absolute Gasteiger partial charge is 0.467 e. The smallest absolute Gasteiger partial charge is 0.328 e. The van der Waals surface area contributed by atoms with Gasteiger partial charge in [-0.2, -0.15) is 0 Å². The summed E-state index contributed by atoms with van der Waals surface area (Å²) in [5, 5.41) is 2.76. The minimum absolute atomic E-state index is 0.0760. The third kappa shape index (κ3) is 4.84. The number of benzene rings is 1. The summed E-state index contributed by atoms with van der Waals surface area (Å²) >= 11 is 0. The lowest BCUT2D eigenvalue weighted by Gasteiger charge is -2.21. The fourth-order valence-electron chi connectivity index (χ4n) is 3.16. The number of nitrogens with zero attached hydrogens (tertiary/aromatic N) is 1. The Hall–Kier alpha value is -2.37. The number of methoxy groups -OCH3 is 1. The molecule has 0 radical (unpaired) electrons. The molecule has 0 bridgehead atoms. The van der Waals surface area contributed by atoms with E-state index in [4.69, 9.17) is 4.74 Å². The van der Waals surface area contributed by atoms with Gasteiger partial charge in [0.05, 0.1) is 13.0 Å². The Balaban J connectivity index is 2.03. The molecule has 0 spiro atoms. The number of carbonyl (C=O) groups is 3. The lowest BCUT2D eigenvalue weighted by molar-refractivity contribution is -0.146. The van der Waals surface area contributed by atoms with Crippen molar-refractivity contribution in [2.24, 2.45) is 11.8 Å². The Kier molecular flexibility index (Phi) is 6.77. The average molecular weight is 360 g/mol. The molecule has 26 heavy (non-hydrogen) atoms. The van der Waals surface area contributed by atoms with E-state index < -0.39 is 17.9 Å². The zero-order valence-corrected chi connectivity index (χ0v) is 16.0. The molecule has 1 aromatic rings. The Morgan fingerprint density at radius 3 is 2.46 bits per heavy atom. The van der Waals surface area contributed by atoms with Crippen LogP contribution in [0.15, 0.2) is 24.3 Å². The van der Waals surface area contributed by atoms with Crippen LogP contribution in [0.1, 0.15) is 39.2 Å². The van der Waals surface area contributed by atoms with Crippen molar-refractivity contribution in [3.63, 3.8) is 0 Å². The number of amides is 2. The lowest BCUT2D eigenvalue weighted by Crippen LogP contribution is -2.45. The van der Waals surface area contributed by atoms with E-state index in [0.717, 1.165) is 12.1 Å². The summed E-state index contributed by atoms with van der Waals surface area (Å²) in [6.07, 6.45) is 1.59. The van der Waals surface area contributed by atoms with Crippen molar-refractivity contribution in [3.05, 3.63) is 29.8 Å². The lowest BCUT2D eigenvalue weighted by atomic mass is 10.0. The zero-order valence-electron chi connectivity index (χ0n) is 16.0. The first-order valence-corrected chi connectivity index (χ1v) is 9.13. The number of rotatable bonds is 7. The Bertz CT molecular complexity index is 654. The number of nitrogens with one attached hydrogen (secondary N) is 1. The number of aryl methyl sites for hydroxylation is 1. The van der Waals surface area contributed by atoms with Crippen LogP contribution in [0.25, 0.3) is 0 Å². The molecule has 1 fully saturated rings. The molecule has 1 heterocycles. The van der Waals surface area contributed by atoms with E-state index >= 15 is 0 Å². The number of carbonyl (C=O) groups excluding carboxylic acids is 3. The highest BCUT2D eigenvalue weighted by molar-refractivity contribution is 6.00. The molecule has 0 aromatic heterocycles. The fraction of sp³-hybridized carbons (Fsp3) is 0.550. The molecule has 1 aliphatic rings. The monoisotopic (exact) mass is 360 g/mol. The van der Waals surface area contributed by atoms with Crippen LogP contribution in [0.5, 0.6) is 0 Å². The standard InChI is InChI=1S/C20H28N2O4/c1-5-14-6-8-16(9-7-14)22-12-15(11-18(22)23)19(24)21-17(10-13(2)3)20(25)26-4/h6-9,13,15,17H,5,10-12H2,1-4H3,(H,21,24). The molecule has 6 heteroatoms. The van der Waals surface area contributed by atoms with E-state index in [1.807, 2.05) is 38.1 Å². The van der Waals surface area contributed by atoms with Gasteiger partial charge in [-0.3, -0.25) is 9.59 Å². The van der Waals surface area contributed by atoms with E-state index in [0.29, 0.717) is 13.0 Å². The van der Waals surface area contributed by atoms with Crippen molar-refractivity contribution in [2.45, 2.75) is 46.1 Å². The molecule has 2 unspecified atom stereocenters. The van der Waals surface area contributed by atoms with Crippen LogP contribution < -0.4 is 10.2 Å². The normalized spacial score (nSPS) is 18.1. The van der Waals surface area contributed by atoms with E-state index in [-0.39, 0.29) is 24.2 Å². The second kappa shape index (κ2) is 8.83. The predicted molar refractivity (Wildman–Crippen MR) is 99.7 cm³/mol. The molecule has 2 amide bonds. The number of hydrogen-bond acceptors (Lipinski definition) is 4. The quantitative estimate of drug-likeness (QED) is 0.757. The summed E-state index contributed by atoms with van der Waals surface area (Å²) in [6.45, 7) is 6.35. The third-order valence-electron chi connectivity index (χ3n) is 4.66. The summed E-state index contributed by atoms with van der Waals surface area (Å²) in [6, 6.07) is 7.12. The van der Waals surface area contributed by atoms with Gasteiger partial charge >= 0.3 is 5.97 Å². The maximum atomic E-state index is 12.6. The molecule has 0 aliphatic carbocycles. The zero-order chi connectivity index (χ0) is 19.3. The van der Waals surface area contributed by atoms with E-state index in [1.54, 1.807) is 4.90 Å². The number of hydrogen-bond donors (Lipinski definition) is 1. The Labute approximate surface area is 154 Å².